The second-order valence-corrected chi connectivity index (χ2v) is 5.74. The number of thiocarbonyl (C=S) groups is 1. The Bertz CT molecular complexity index is 378. The van der Waals surface area contributed by atoms with E-state index in [4.69, 9.17) is 12.2 Å². The van der Waals surface area contributed by atoms with E-state index in [0.717, 1.165) is 5.75 Å². The summed E-state index contributed by atoms with van der Waals surface area (Å²) in [6.45, 7) is 4.01. The molecule has 21 heavy (non-hydrogen) atoms. The first-order chi connectivity index (χ1) is 9.91. The maximum atomic E-state index is 11.5. The monoisotopic (exact) mass is 334 g/mol. The predicted octanol–water partition coefficient (Wildman–Crippen LogP) is -0.627. The predicted molar refractivity (Wildman–Crippen MR) is 88.1 cm³/mol. The van der Waals surface area contributed by atoms with Crippen LogP contribution in [-0.4, -0.2) is 54.0 Å². The average molecular weight is 334 g/mol. The van der Waals surface area contributed by atoms with Gasteiger partial charge in [0.15, 0.2) is 0 Å². The standard InChI is InChI=1S/C12H22N4O3S2/c1-9(17)13-4-3-12(20)15-7-11(19)14-5-6-21-8-16-10(2)18/h3-8H2,1-2H3,(H,13,17)(H,14,19)(H,15,20)(H,16,18). The molecule has 9 heteroatoms. The molecule has 0 aromatic rings. The van der Waals surface area contributed by atoms with Crippen molar-refractivity contribution in [3.05, 3.63) is 0 Å². The van der Waals surface area contributed by atoms with E-state index in [1.807, 2.05) is 0 Å². The zero-order chi connectivity index (χ0) is 16.1. The number of rotatable bonds is 10. The van der Waals surface area contributed by atoms with Gasteiger partial charge in [0, 0.05) is 39.1 Å². The van der Waals surface area contributed by atoms with Gasteiger partial charge < -0.3 is 21.3 Å². The van der Waals surface area contributed by atoms with Gasteiger partial charge in [-0.1, -0.05) is 12.2 Å². The van der Waals surface area contributed by atoms with Gasteiger partial charge in [0.25, 0.3) is 0 Å². The molecule has 0 aromatic carbocycles. The van der Waals surface area contributed by atoms with Crippen LogP contribution in [0.1, 0.15) is 20.3 Å². The molecule has 0 bridgehead atoms. The quantitative estimate of drug-likeness (QED) is 0.241. The molecule has 0 unspecified atom stereocenters. The van der Waals surface area contributed by atoms with Gasteiger partial charge in [0.1, 0.15) is 0 Å². The molecule has 120 valence electrons. The first-order valence-corrected chi connectivity index (χ1v) is 8.08. The first kappa shape index (κ1) is 19.7. The van der Waals surface area contributed by atoms with Crippen LogP contribution >= 0.6 is 24.0 Å². The van der Waals surface area contributed by atoms with Gasteiger partial charge in [-0.2, -0.15) is 0 Å². The van der Waals surface area contributed by atoms with Gasteiger partial charge in [0.05, 0.1) is 17.4 Å². The fourth-order valence-electron chi connectivity index (χ4n) is 1.17. The SMILES string of the molecule is CC(=O)NCCC(=S)NCC(=O)NCCSCNC(C)=O. The van der Waals surface area contributed by atoms with E-state index in [-0.39, 0.29) is 24.3 Å². The molecular weight excluding hydrogens is 312 g/mol. The maximum Gasteiger partial charge on any atom is 0.239 e. The lowest BCUT2D eigenvalue weighted by Gasteiger charge is -2.09. The number of carbonyl (C=O) groups is 3. The molecule has 0 fully saturated rings. The van der Waals surface area contributed by atoms with Crippen LogP contribution < -0.4 is 21.3 Å². The van der Waals surface area contributed by atoms with Crippen molar-refractivity contribution in [3.63, 3.8) is 0 Å². The fraction of sp³-hybridized carbons (Fsp3) is 0.667. The lowest BCUT2D eigenvalue weighted by Crippen LogP contribution is -2.38. The van der Waals surface area contributed by atoms with Crippen molar-refractivity contribution in [2.24, 2.45) is 0 Å². The summed E-state index contributed by atoms with van der Waals surface area (Å²) in [5.74, 6) is 0.947. The first-order valence-electron chi connectivity index (χ1n) is 6.52. The van der Waals surface area contributed by atoms with Crippen LogP contribution in [0.2, 0.25) is 0 Å². The van der Waals surface area contributed by atoms with Crippen LogP contribution in [0.3, 0.4) is 0 Å². The molecule has 0 rings (SSSR count). The van der Waals surface area contributed by atoms with Crippen molar-refractivity contribution in [1.29, 1.82) is 0 Å². The van der Waals surface area contributed by atoms with E-state index in [0.29, 0.717) is 30.4 Å². The number of amides is 3. The molecule has 0 aliphatic rings. The van der Waals surface area contributed by atoms with E-state index >= 15 is 0 Å². The van der Waals surface area contributed by atoms with E-state index in [1.54, 1.807) is 0 Å². The Kier molecular flexibility index (Phi) is 11.6. The minimum atomic E-state index is -0.142. The molecule has 0 aliphatic carbocycles. The topological polar surface area (TPSA) is 99.3 Å². The molecule has 0 aromatic heterocycles. The highest BCUT2D eigenvalue weighted by Crippen LogP contribution is 1.94. The molecule has 0 radical (unpaired) electrons. The zero-order valence-electron chi connectivity index (χ0n) is 12.3. The third-order valence-electron chi connectivity index (χ3n) is 2.16. The molecule has 3 amide bonds. The Morgan fingerprint density at radius 2 is 1.62 bits per heavy atom. The van der Waals surface area contributed by atoms with Crippen molar-refractivity contribution in [3.8, 4) is 0 Å². The van der Waals surface area contributed by atoms with Gasteiger partial charge in [-0.15, -0.1) is 11.8 Å². The molecule has 0 heterocycles. The average Bonchev–Trinajstić information content (AvgIpc) is 2.39. The van der Waals surface area contributed by atoms with Gasteiger partial charge in [-0.3, -0.25) is 14.4 Å². The normalized spacial score (nSPS) is 9.62. The van der Waals surface area contributed by atoms with Gasteiger partial charge >= 0.3 is 0 Å². The second-order valence-electron chi connectivity index (χ2n) is 4.15. The van der Waals surface area contributed by atoms with Crippen LogP contribution in [0, 0.1) is 0 Å². The highest BCUT2D eigenvalue weighted by atomic mass is 32.2. The molecule has 0 atom stereocenters. The van der Waals surface area contributed by atoms with Crippen LogP contribution in [-0.2, 0) is 14.4 Å². The van der Waals surface area contributed by atoms with Crippen molar-refractivity contribution >= 4 is 46.7 Å². The maximum absolute atomic E-state index is 11.5. The lowest BCUT2D eigenvalue weighted by molar-refractivity contribution is -0.120. The Labute approximate surface area is 134 Å². The summed E-state index contributed by atoms with van der Waals surface area (Å²) in [4.78, 5) is 33.3. The number of carbonyl (C=O) groups excluding carboxylic acids is 3. The Morgan fingerprint density at radius 3 is 2.24 bits per heavy atom. The number of thioether (sulfide) groups is 1. The minimum absolute atomic E-state index is 0.0662. The number of nitrogens with one attached hydrogen (secondary N) is 4. The largest absolute Gasteiger partial charge is 0.371 e. The van der Waals surface area contributed by atoms with Crippen molar-refractivity contribution in [2.75, 3.05) is 31.3 Å². The molecule has 0 saturated carbocycles. The minimum Gasteiger partial charge on any atom is -0.371 e. The smallest absolute Gasteiger partial charge is 0.239 e. The summed E-state index contributed by atoms with van der Waals surface area (Å²) in [5, 5.41) is 10.8. The molecular formula is C12H22N4O3S2. The van der Waals surface area contributed by atoms with Crippen LogP contribution in [0.4, 0.5) is 0 Å². The third kappa shape index (κ3) is 14.9. The van der Waals surface area contributed by atoms with Crippen LogP contribution in [0.15, 0.2) is 0 Å². The molecule has 0 spiro atoms. The second kappa shape index (κ2) is 12.4. The van der Waals surface area contributed by atoms with Gasteiger partial charge in [-0.05, 0) is 0 Å². The van der Waals surface area contributed by atoms with Gasteiger partial charge in [0.2, 0.25) is 17.7 Å². The summed E-state index contributed by atoms with van der Waals surface area (Å²) in [6, 6.07) is 0. The number of hydrogen-bond acceptors (Lipinski definition) is 5. The van der Waals surface area contributed by atoms with Gasteiger partial charge in [-0.25, -0.2) is 0 Å². The van der Waals surface area contributed by atoms with Crippen LogP contribution in [0.5, 0.6) is 0 Å². The Balaban J connectivity index is 3.47. The molecule has 0 aliphatic heterocycles. The highest BCUT2D eigenvalue weighted by molar-refractivity contribution is 7.99. The summed E-state index contributed by atoms with van der Waals surface area (Å²) < 4.78 is 0. The number of hydrogen-bond donors (Lipinski definition) is 4. The lowest BCUT2D eigenvalue weighted by atomic mass is 10.4. The molecule has 0 saturated heterocycles. The third-order valence-corrected chi connectivity index (χ3v) is 3.35. The van der Waals surface area contributed by atoms with E-state index in [1.165, 1.54) is 25.6 Å². The van der Waals surface area contributed by atoms with Crippen molar-refractivity contribution in [2.45, 2.75) is 20.3 Å². The van der Waals surface area contributed by atoms with Crippen LogP contribution in [0.25, 0.3) is 0 Å². The zero-order valence-corrected chi connectivity index (χ0v) is 13.9. The summed E-state index contributed by atoms with van der Waals surface area (Å²) in [6.07, 6.45) is 0.509. The summed E-state index contributed by atoms with van der Waals surface area (Å²) in [7, 11) is 0. The molecule has 7 nitrogen and oxygen atoms in total. The summed E-state index contributed by atoms with van der Waals surface area (Å²) >= 11 is 6.56. The van der Waals surface area contributed by atoms with Crippen molar-refractivity contribution in [1.82, 2.24) is 21.3 Å². The molecule has 4 N–H and O–H groups in total. The summed E-state index contributed by atoms with van der Waals surface area (Å²) in [5.41, 5.74) is 0. The van der Waals surface area contributed by atoms with Crippen molar-refractivity contribution < 1.29 is 14.4 Å². The highest BCUT2D eigenvalue weighted by Gasteiger charge is 2.02. The van der Waals surface area contributed by atoms with E-state index in [9.17, 15) is 14.4 Å². The van der Waals surface area contributed by atoms with E-state index < -0.39 is 0 Å². The van der Waals surface area contributed by atoms with E-state index in [2.05, 4.69) is 21.3 Å². The fourth-order valence-corrected chi connectivity index (χ4v) is 2.04. The Morgan fingerprint density at radius 1 is 0.952 bits per heavy atom. The Hall–Kier alpha value is -1.35.